The first kappa shape index (κ1) is 8.99. The molecule has 68 valence electrons. The van der Waals surface area contributed by atoms with E-state index >= 15 is 0 Å². The molecule has 1 atom stereocenters. The molecule has 12 heavy (non-hydrogen) atoms. The van der Waals surface area contributed by atoms with Crippen molar-refractivity contribution in [2.45, 2.75) is 13.0 Å². The highest BCUT2D eigenvalue weighted by atomic mass is 15.3. The molecule has 0 bridgehead atoms. The van der Waals surface area contributed by atoms with Crippen LogP contribution in [0.4, 0.5) is 5.95 Å². The molecule has 1 rings (SSSR count). The molecule has 0 saturated carbocycles. The van der Waals surface area contributed by atoms with E-state index < -0.39 is 0 Å². The van der Waals surface area contributed by atoms with Crippen LogP contribution in [0.1, 0.15) is 18.8 Å². The van der Waals surface area contributed by atoms with Gasteiger partial charge in [0.15, 0.2) is 5.82 Å². The molecule has 1 heterocycles. The molecule has 1 aromatic heterocycles. The van der Waals surface area contributed by atoms with E-state index in [0.29, 0.717) is 0 Å². The number of anilines is 1. The topological polar surface area (TPSA) is 54.8 Å². The lowest BCUT2D eigenvalue weighted by Crippen LogP contribution is -2.17. The molecule has 0 fully saturated rings. The van der Waals surface area contributed by atoms with Crippen LogP contribution in [0.15, 0.2) is 0 Å². The summed E-state index contributed by atoms with van der Waals surface area (Å²) >= 11 is 0. The van der Waals surface area contributed by atoms with Crippen molar-refractivity contribution in [3.63, 3.8) is 0 Å². The van der Waals surface area contributed by atoms with Crippen molar-refractivity contribution in [2.75, 3.05) is 19.4 Å². The van der Waals surface area contributed by atoms with Gasteiger partial charge >= 0.3 is 0 Å². The Kier molecular flexibility index (Phi) is 2.65. The lowest BCUT2D eigenvalue weighted by molar-refractivity contribution is 0.584. The Hall–Kier alpha value is -1.10. The van der Waals surface area contributed by atoms with Crippen molar-refractivity contribution in [3.8, 4) is 0 Å². The number of nitrogens with one attached hydrogen (secondary N) is 2. The Morgan fingerprint density at radius 1 is 1.33 bits per heavy atom. The largest absolute Gasteiger partial charge is 0.357 e. The van der Waals surface area contributed by atoms with Crippen LogP contribution in [0.3, 0.4) is 0 Å². The molecule has 0 spiro atoms. The third-order valence-electron chi connectivity index (χ3n) is 1.95. The van der Waals surface area contributed by atoms with Crippen molar-refractivity contribution in [1.82, 2.24) is 20.1 Å². The van der Waals surface area contributed by atoms with E-state index in [4.69, 9.17) is 0 Å². The summed E-state index contributed by atoms with van der Waals surface area (Å²) in [6, 6.07) is 0.226. The lowest BCUT2D eigenvalue weighted by atomic mass is 10.3. The molecule has 2 N–H and O–H groups in total. The molecule has 0 aliphatic heterocycles. The zero-order valence-corrected chi connectivity index (χ0v) is 7.92. The van der Waals surface area contributed by atoms with Gasteiger partial charge in [0.2, 0.25) is 5.95 Å². The fourth-order valence-corrected chi connectivity index (χ4v) is 1.07. The Bertz CT molecular complexity index is 254. The fraction of sp³-hybridized carbons (Fsp3) is 0.714. The summed E-state index contributed by atoms with van der Waals surface area (Å²) in [4.78, 5) is 0. The monoisotopic (exact) mass is 169 g/mol. The van der Waals surface area contributed by atoms with Gasteiger partial charge in [-0.3, -0.25) is 4.57 Å². The highest BCUT2D eigenvalue weighted by Gasteiger charge is 2.11. The molecular weight excluding hydrogens is 154 g/mol. The highest BCUT2D eigenvalue weighted by molar-refractivity contribution is 5.24. The van der Waals surface area contributed by atoms with Crippen LogP contribution in [-0.4, -0.2) is 28.9 Å². The van der Waals surface area contributed by atoms with Crippen LogP contribution in [0.25, 0.3) is 0 Å². The maximum absolute atomic E-state index is 4.05. The van der Waals surface area contributed by atoms with Crippen molar-refractivity contribution < 1.29 is 0 Å². The van der Waals surface area contributed by atoms with Gasteiger partial charge in [-0.15, -0.1) is 10.2 Å². The molecule has 0 amide bonds. The Morgan fingerprint density at radius 3 is 2.42 bits per heavy atom. The second-order valence-electron chi connectivity index (χ2n) is 2.70. The standard InChI is InChI=1S/C7H15N5/c1-5(8-2)6-10-11-7(9-3)12(6)4/h5,8H,1-4H3,(H,9,11). The summed E-state index contributed by atoms with van der Waals surface area (Å²) in [5.74, 6) is 1.72. The first-order valence-electron chi connectivity index (χ1n) is 3.95. The van der Waals surface area contributed by atoms with Crippen LogP contribution in [0.5, 0.6) is 0 Å². The zero-order valence-electron chi connectivity index (χ0n) is 7.92. The minimum Gasteiger partial charge on any atom is -0.357 e. The van der Waals surface area contributed by atoms with Gasteiger partial charge in [0.1, 0.15) is 0 Å². The van der Waals surface area contributed by atoms with Gasteiger partial charge in [0, 0.05) is 14.1 Å². The third kappa shape index (κ3) is 1.40. The average Bonchev–Trinajstić information content (AvgIpc) is 2.45. The van der Waals surface area contributed by atoms with Gasteiger partial charge in [-0.05, 0) is 14.0 Å². The molecule has 5 nitrogen and oxygen atoms in total. The van der Waals surface area contributed by atoms with Gasteiger partial charge in [-0.25, -0.2) is 0 Å². The molecule has 0 aromatic carbocycles. The maximum atomic E-state index is 4.05. The van der Waals surface area contributed by atoms with E-state index in [0.717, 1.165) is 11.8 Å². The Labute approximate surface area is 72.2 Å². The van der Waals surface area contributed by atoms with E-state index in [2.05, 4.69) is 20.8 Å². The Balaban J connectivity index is 2.93. The molecule has 1 unspecified atom stereocenters. The van der Waals surface area contributed by atoms with E-state index in [-0.39, 0.29) is 6.04 Å². The smallest absolute Gasteiger partial charge is 0.224 e. The normalized spacial score (nSPS) is 13.0. The van der Waals surface area contributed by atoms with Crippen LogP contribution >= 0.6 is 0 Å². The van der Waals surface area contributed by atoms with Crippen molar-refractivity contribution in [3.05, 3.63) is 5.82 Å². The number of aromatic nitrogens is 3. The number of hydrogen-bond acceptors (Lipinski definition) is 4. The second kappa shape index (κ2) is 3.53. The summed E-state index contributed by atoms with van der Waals surface area (Å²) < 4.78 is 1.93. The molecule has 5 heteroatoms. The number of rotatable bonds is 3. The number of nitrogens with zero attached hydrogens (tertiary/aromatic N) is 3. The molecule has 1 aromatic rings. The first-order valence-corrected chi connectivity index (χ1v) is 3.95. The average molecular weight is 169 g/mol. The zero-order chi connectivity index (χ0) is 9.14. The van der Waals surface area contributed by atoms with Gasteiger partial charge < -0.3 is 10.6 Å². The molecular formula is C7H15N5. The molecule has 0 radical (unpaired) electrons. The predicted octanol–water partition coefficient (Wildman–Crippen LogP) is 0.137. The van der Waals surface area contributed by atoms with Crippen molar-refractivity contribution in [1.29, 1.82) is 0 Å². The lowest BCUT2D eigenvalue weighted by Gasteiger charge is -2.09. The highest BCUT2D eigenvalue weighted by Crippen LogP contribution is 2.11. The van der Waals surface area contributed by atoms with Crippen molar-refractivity contribution in [2.24, 2.45) is 7.05 Å². The minimum atomic E-state index is 0.226. The van der Waals surface area contributed by atoms with E-state index in [1.54, 1.807) is 0 Å². The summed E-state index contributed by atoms with van der Waals surface area (Å²) in [5.41, 5.74) is 0. The maximum Gasteiger partial charge on any atom is 0.224 e. The summed E-state index contributed by atoms with van der Waals surface area (Å²) in [6.07, 6.45) is 0. The van der Waals surface area contributed by atoms with E-state index in [1.165, 1.54) is 0 Å². The summed E-state index contributed by atoms with van der Waals surface area (Å²) in [7, 11) is 5.67. The molecule has 0 saturated heterocycles. The second-order valence-corrected chi connectivity index (χ2v) is 2.70. The van der Waals surface area contributed by atoms with Crippen LogP contribution in [0.2, 0.25) is 0 Å². The quantitative estimate of drug-likeness (QED) is 0.675. The Morgan fingerprint density at radius 2 is 2.00 bits per heavy atom. The third-order valence-corrected chi connectivity index (χ3v) is 1.95. The minimum absolute atomic E-state index is 0.226. The van der Waals surface area contributed by atoms with Gasteiger partial charge in [-0.1, -0.05) is 0 Å². The SMILES string of the molecule is CNc1nnc(C(C)NC)n1C. The summed E-state index contributed by atoms with van der Waals surface area (Å²) in [5, 5.41) is 14.1. The van der Waals surface area contributed by atoms with Gasteiger partial charge in [-0.2, -0.15) is 0 Å². The fourth-order valence-electron chi connectivity index (χ4n) is 1.07. The van der Waals surface area contributed by atoms with Gasteiger partial charge in [0.05, 0.1) is 6.04 Å². The number of hydrogen-bond donors (Lipinski definition) is 2. The van der Waals surface area contributed by atoms with Gasteiger partial charge in [0.25, 0.3) is 0 Å². The van der Waals surface area contributed by atoms with Crippen LogP contribution < -0.4 is 10.6 Å². The van der Waals surface area contributed by atoms with Crippen LogP contribution in [0, 0.1) is 0 Å². The van der Waals surface area contributed by atoms with E-state index in [9.17, 15) is 0 Å². The van der Waals surface area contributed by atoms with E-state index in [1.807, 2.05) is 32.6 Å². The van der Waals surface area contributed by atoms with Crippen molar-refractivity contribution >= 4 is 5.95 Å². The molecule has 0 aliphatic rings. The van der Waals surface area contributed by atoms with Crippen LogP contribution in [-0.2, 0) is 7.05 Å². The predicted molar refractivity (Wildman–Crippen MR) is 48.0 cm³/mol. The molecule has 0 aliphatic carbocycles. The summed E-state index contributed by atoms with van der Waals surface area (Å²) in [6.45, 7) is 2.05. The first-order chi connectivity index (χ1) is 5.70.